The molecule has 5 nitrogen and oxygen atoms in total. The topological polar surface area (TPSA) is 79.3 Å². The Hall–Kier alpha value is -2.43. The molecule has 2 N–H and O–H groups in total. The van der Waals surface area contributed by atoms with E-state index in [4.69, 9.17) is 5.11 Å². The molecule has 0 bridgehead atoms. The number of anilines is 1. The number of carboxylic acid groups (broad SMARTS) is 1. The van der Waals surface area contributed by atoms with Crippen molar-refractivity contribution >= 4 is 28.5 Å². The Kier molecular flexibility index (Phi) is 2.74. The maximum absolute atomic E-state index is 11.1. The van der Waals surface area contributed by atoms with Gasteiger partial charge in [0.15, 0.2) is 0 Å². The Labute approximate surface area is 97.1 Å². The number of carbonyl (C=O) groups excluding carboxylic acids is 1. The summed E-state index contributed by atoms with van der Waals surface area (Å²) >= 11 is 0. The van der Waals surface area contributed by atoms with Gasteiger partial charge in [-0.15, -0.1) is 0 Å². The molecular formula is C12H10N2O3. The fraction of sp³-hybridized carbons (Fsp3) is 0.0833. The number of hydrogen-bond acceptors (Lipinski definition) is 3. The summed E-state index contributed by atoms with van der Waals surface area (Å²) in [7, 11) is 0. The normalized spacial score (nSPS) is 10.2. The molecular weight excluding hydrogens is 220 g/mol. The monoisotopic (exact) mass is 230 g/mol. The predicted molar refractivity (Wildman–Crippen MR) is 63.0 cm³/mol. The third-order valence-electron chi connectivity index (χ3n) is 2.31. The van der Waals surface area contributed by atoms with Crippen molar-refractivity contribution in [2.24, 2.45) is 0 Å². The summed E-state index contributed by atoms with van der Waals surface area (Å²) in [6.45, 7) is 1.33. The number of carboxylic acids is 1. The van der Waals surface area contributed by atoms with E-state index in [0.29, 0.717) is 5.52 Å². The van der Waals surface area contributed by atoms with E-state index in [9.17, 15) is 9.59 Å². The fourth-order valence-electron chi connectivity index (χ4n) is 1.63. The molecule has 0 fully saturated rings. The van der Waals surface area contributed by atoms with Crippen LogP contribution in [0.4, 0.5) is 5.69 Å². The van der Waals surface area contributed by atoms with E-state index in [-0.39, 0.29) is 17.2 Å². The summed E-state index contributed by atoms with van der Waals surface area (Å²) < 4.78 is 0. The molecule has 5 heteroatoms. The van der Waals surface area contributed by atoms with Crippen LogP contribution in [-0.4, -0.2) is 22.0 Å². The molecule has 0 unspecified atom stereocenters. The minimum Gasteiger partial charge on any atom is -0.478 e. The van der Waals surface area contributed by atoms with Crippen molar-refractivity contribution in [3.05, 3.63) is 36.0 Å². The smallest absolute Gasteiger partial charge is 0.337 e. The molecule has 17 heavy (non-hydrogen) atoms. The van der Waals surface area contributed by atoms with Gasteiger partial charge in [-0.25, -0.2) is 4.79 Å². The summed E-state index contributed by atoms with van der Waals surface area (Å²) in [6.07, 6.45) is 1.55. The average molecular weight is 230 g/mol. The SMILES string of the molecule is CC(=O)Nc1c(C(=O)O)ccc2cccnc12. The van der Waals surface area contributed by atoms with Crippen LogP contribution in [0.2, 0.25) is 0 Å². The highest BCUT2D eigenvalue weighted by Gasteiger charge is 2.14. The third-order valence-corrected chi connectivity index (χ3v) is 2.31. The summed E-state index contributed by atoms with van der Waals surface area (Å²) in [5.41, 5.74) is 0.747. The molecule has 0 radical (unpaired) electrons. The molecule has 0 saturated heterocycles. The first-order valence-electron chi connectivity index (χ1n) is 4.98. The van der Waals surface area contributed by atoms with Gasteiger partial charge < -0.3 is 10.4 Å². The van der Waals surface area contributed by atoms with E-state index in [1.807, 2.05) is 0 Å². The molecule has 0 aliphatic heterocycles. The second-order valence-electron chi connectivity index (χ2n) is 3.55. The zero-order valence-electron chi connectivity index (χ0n) is 9.10. The van der Waals surface area contributed by atoms with Crippen molar-refractivity contribution in [2.45, 2.75) is 6.92 Å². The van der Waals surface area contributed by atoms with Gasteiger partial charge in [-0.05, 0) is 12.1 Å². The van der Waals surface area contributed by atoms with E-state index >= 15 is 0 Å². The van der Waals surface area contributed by atoms with Crippen LogP contribution < -0.4 is 5.32 Å². The number of hydrogen-bond donors (Lipinski definition) is 2. The molecule has 0 aliphatic rings. The largest absolute Gasteiger partial charge is 0.478 e. The molecule has 0 saturated carbocycles. The van der Waals surface area contributed by atoms with Gasteiger partial charge in [0.1, 0.15) is 0 Å². The molecule has 1 amide bonds. The van der Waals surface area contributed by atoms with Crippen LogP contribution in [0.25, 0.3) is 10.9 Å². The molecule has 0 aliphatic carbocycles. The highest BCUT2D eigenvalue weighted by atomic mass is 16.4. The number of amides is 1. The van der Waals surface area contributed by atoms with Gasteiger partial charge in [0.05, 0.1) is 16.8 Å². The van der Waals surface area contributed by atoms with Crippen molar-refractivity contribution in [3.8, 4) is 0 Å². The van der Waals surface area contributed by atoms with Gasteiger partial charge in [0.25, 0.3) is 0 Å². The van der Waals surface area contributed by atoms with Crippen molar-refractivity contribution < 1.29 is 14.7 Å². The molecule has 2 rings (SSSR count). The summed E-state index contributed by atoms with van der Waals surface area (Å²) in [5.74, 6) is -1.42. The van der Waals surface area contributed by atoms with E-state index in [1.54, 1.807) is 24.4 Å². The Bertz CT molecular complexity index is 608. The lowest BCUT2D eigenvalue weighted by molar-refractivity contribution is -0.114. The first kappa shape index (κ1) is 11.1. The van der Waals surface area contributed by atoms with E-state index in [2.05, 4.69) is 10.3 Å². The van der Waals surface area contributed by atoms with Crippen molar-refractivity contribution in [2.75, 3.05) is 5.32 Å². The van der Waals surface area contributed by atoms with Gasteiger partial charge in [-0.2, -0.15) is 0 Å². The number of pyridine rings is 1. The number of fused-ring (bicyclic) bond motifs is 1. The second-order valence-corrected chi connectivity index (χ2v) is 3.55. The quantitative estimate of drug-likeness (QED) is 0.825. The highest BCUT2D eigenvalue weighted by molar-refractivity contribution is 6.08. The Balaban J connectivity index is 2.74. The van der Waals surface area contributed by atoms with Crippen LogP contribution in [0.5, 0.6) is 0 Å². The lowest BCUT2D eigenvalue weighted by Gasteiger charge is -2.09. The molecule has 1 aromatic carbocycles. The van der Waals surface area contributed by atoms with Gasteiger partial charge in [-0.3, -0.25) is 9.78 Å². The van der Waals surface area contributed by atoms with E-state index < -0.39 is 5.97 Å². The summed E-state index contributed by atoms with van der Waals surface area (Å²) in [5, 5.41) is 12.4. The van der Waals surface area contributed by atoms with Crippen LogP contribution in [0.15, 0.2) is 30.5 Å². The van der Waals surface area contributed by atoms with Crippen LogP contribution in [0.3, 0.4) is 0 Å². The first-order chi connectivity index (χ1) is 8.09. The van der Waals surface area contributed by atoms with Crippen LogP contribution in [0.1, 0.15) is 17.3 Å². The standard InChI is InChI=1S/C12H10N2O3/c1-7(15)14-11-9(12(16)17)5-4-8-3-2-6-13-10(8)11/h2-6H,1H3,(H,14,15)(H,16,17). The fourth-order valence-corrected chi connectivity index (χ4v) is 1.63. The lowest BCUT2D eigenvalue weighted by atomic mass is 10.1. The Morgan fingerprint density at radius 2 is 2.06 bits per heavy atom. The van der Waals surface area contributed by atoms with Crippen molar-refractivity contribution in [1.82, 2.24) is 4.98 Å². The van der Waals surface area contributed by atoms with Crippen LogP contribution >= 0.6 is 0 Å². The molecule has 1 aromatic heterocycles. The average Bonchev–Trinajstić information content (AvgIpc) is 2.28. The second kappa shape index (κ2) is 4.21. The number of nitrogens with zero attached hydrogens (tertiary/aromatic N) is 1. The Morgan fingerprint density at radius 3 is 2.71 bits per heavy atom. The highest BCUT2D eigenvalue weighted by Crippen LogP contribution is 2.25. The number of nitrogens with one attached hydrogen (secondary N) is 1. The summed E-state index contributed by atoms with van der Waals surface area (Å²) in [4.78, 5) is 26.3. The van der Waals surface area contributed by atoms with Gasteiger partial charge in [-0.1, -0.05) is 12.1 Å². The molecule has 0 spiro atoms. The number of aromatic carboxylic acids is 1. The first-order valence-corrected chi connectivity index (χ1v) is 4.98. The maximum atomic E-state index is 11.1. The third kappa shape index (κ3) is 2.08. The van der Waals surface area contributed by atoms with Gasteiger partial charge >= 0.3 is 5.97 Å². The number of aromatic nitrogens is 1. The van der Waals surface area contributed by atoms with E-state index in [1.165, 1.54) is 13.0 Å². The van der Waals surface area contributed by atoms with Gasteiger partial charge in [0, 0.05) is 18.5 Å². The number of carbonyl (C=O) groups is 2. The van der Waals surface area contributed by atoms with E-state index in [0.717, 1.165) is 5.39 Å². The zero-order valence-corrected chi connectivity index (χ0v) is 9.10. The minimum absolute atomic E-state index is 0.0337. The van der Waals surface area contributed by atoms with Crippen molar-refractivity contribution in [1.29, 1.82) is 0 Å². The van der Waals surface area contributed by atoms with Crippen LogP contribution in [-0.2, 0) is 4.79 Å². The molecule has 86 valence electrons. The minimum atomic E-state index is -1.10. The molecule has 1 heterocycles. The van der Waals surface area contributed by atoms with Gasteiger partial charge in [0.2, 0.25) is 5.91 Å². The van der Waals surface area contributed by atoms with Crippen molar-refractivity contribution in [3.63, 3.8) is 0 Å². The number of benzene rings is 1. The maximum Gasteiger partial charge on any atom is 0.337 e. The Morgan fingerprint density at radius 1 is 1.29 bits per heavy atom. The lowest BCUT2D eigenvalue weighted by Crippen LogP contribution is -2.11. The number of rotatable bonds is 2. The predicted octanol–water partition coefficient (Wildman–Crippen LogP) is 1.89. The summed E-state index contributed by atoms with van der Waals surface area (Å²) in [6, 6.07) is 6.67. The molecule has 2 aromatic rings. The van der Waals surface area contributed by atoms with Crippen LogP contribution in [0, 0.1) is 0 Å². The zero-order chi connectivity index (χ0) is 12.4. The molecule has 0 atom stereocenters.